The minimum Gasteiger partial charge on any atom is -0.466 e. The lowest BCUT2D eigenvalue weighted by molar-refractivity contribution is -0.142. The fraction of sp³-hybridized carbons (Fsp3) is 0.429. The zero-order chi connectivity index (χ0) is 13.5. The maximum atomic E-state index is 11.5. The molecule has 0 aromatic heterocycles. The van der Waals surface area contributed by atoms with Gasteiger partial charge in [-0.3, -0.25) is 4.79 Å². The summed E-state index contributed by atoms with van der Waals surface area (Å²) in [7, 11) is 0. The van der Waals surface area contributed by atoms with E-state index in [1.165, 1.54) is 0 Å². The van der Waals surface area contributed by atoms with Crippen molar-refractivity contribution in [3.05, 3.63) is 34.4 Å². The Hall–Kier alpha value is -1.86. The number of carbonyl (C=O) groups excluding carboxylic acids is 1. The molecule has 0 saturated heterocycles. The van der Waals surface area contributed by atoms with Crippen LogP contribution in [0.25, 0.3) is 0 Å². The van der Waals surface area contributed by atoms with Crippen molar-refractivity contribution in [1.29, 1.82) is 5.26 Å². The Bertz CT molecular complexity index is 475. The van der Waals surface area contributed by atoms with Gasteiger partial charge in [0.15, 0.2) is 0 Å². The average molecular weight is 247 g/mol. The van der Waals surface area contributed by atoms with Crippen molar-refractivity contribution in [2.75, 3.05) is 6.61 Å². The van der Waals surface area contributed by atoms with Gasteiger partial charge in [-0.1, -0.05) is 13.0 Å². The topological polar surface area (TPSA) is 70.3 Å². The first-order valence-corrected chi connectivity index (χ1v) is 5.97. The number of rotatable bonds is 5. The summed E-state index contributed by atoms with van der Waals surface area (Å²) in [6, 6.07) is 5.66. The van der Waals surface area contributed by atoms with Gasteiger partial charge in [-0.2, -0.15) is 5.26 Å². The van der Waals surface area contributed by atoms with E-state index >= 15 is 0 Å². The molecule has 0 amide bonds. The van der Waals surface area contributed by atoms with Crippen LogP contribution in [-0.4, -0.2) is 17.7 Å². The number of nitrogens with zero attached hydrogens (tertiary/aromatic N) is 1. The lowest BCUT2D eigenvalue weighted by Crippen LogP contribution is -2.11. The van der Waals surface area contributed by atoms with Crippen LogP contribution in [0.3, 0.4) is 0 Å². The molecule has 4 heteroatoms. The maximum Gasteiger partial charge on any atom is 0.310 e. The van der Waals surface area contributed by atoms with Crippen molar-refractivity contribution >= 4 is 5.97 Å². The van der Waals surface area contributed by atoms with Crippen LogP contribution < -0.4 is 0 Å². The molecule has 0 heterocycles. The van der Waals surface area contributed by atoms with E-state index in [1.54, 1.807) is 13.0 Å². The van der Waals surface area contributed by atoms with Crippen LogP contribution in [0.1, 0.15) is 36.1 Å². The van der Waals surface area contributed by atoms with Gasteiger partial charge in [0.2, 0.25) is 0 Å². The van der Waals surface area contributed by atoms with Crippen molar-refractivity contribution in [1.82, 2.24) is 0 Å². The lowest BCUT2D eigenvalue weighted by Gasteiger charge is -2.11. The standard InChI is InChI=1S/C14H17NO3/c1-3-10-5-11(7-14(17)18-4-2)13(9-16)12(6-10)8-15/h5-6,16H,3-4,7,9H2,1-2H3. The Kier molecular flexibility index (Phi) is 5.34. The van der Waals surface area contributed by atoms with Gasteiger partial charge in [-0.05, 0) is 36.1 Å². The number of hydrogen-bond acceptors (Lipinski definition) is 4. The normalized spacial score (nSPS) is 9.89. The molecule has 0 fully saturated rings. The van der Waals surface area contributed by atoms with E-state index in [0.717, 1.165) is 12.0 Å². The molecule has 1 aromatic rings. The summed E-state index contributed by atoms with van der Waals surface area (Å²) in [6.45, 7) is 3.80. The van der Waals surface area contributed by atoms with Crippen molar-refractivity contribution in [2.24, 2.45) is 0 Å². The minimum absolute atomic E-state index is 0.0895. The van der Waals surface area contributed by atoms with Crippen molar-refractivity contribution in [3.8, 4) is 6.07 Å². The van der Waals surface area contributed by atoms with Crippen LogP contribution in [0.5, 0.6) is 0 Å². The third-order valence-corrected chi connectivity index (χ3v) is 2.73. The van der Waals surface area contributed by atoms with Crippen molar-refractivity contribution in [2.45, 2.75) is 33.3 Å². The Morgan fingerprint density at radius 3 is 2.67 bits per heavy atom. The molecule has 96 valence electrons. The number of aliphatic hydroxyl groups excluding tert-OH is 1. The van der Waals surface area contributed by atoms with E-state index in [9.17, 15) is 9.90 Å². The molecule has 0 bridgehead atoms. The van der Waals surface area contributed by atoms with E-state index < -0.39 is 0 Å². The quantitative estimate of drug-likeness (QED) is 0.804. The first-order chi connectivity index (χ1) is 8.65. The van der Waals surface area contributed by atoms with E-state index in [4.69, 9.17) is 10.00 Å². The molecule has 0 aliphatic carbocycles. The first-order valence-electron chi connectivity index (χ1n) is 5.97. The van der Waals surface area contributed by atoms with Crippen LogP contribution in [0.2, 0.25) is 0 Å². The number of esters is 1. The zero-order valence-corrected chi connectivity index (χ0v) is 10.7. The van der Waals surface area contributed by atoms with Gasteiger partial charge >= 0.3 is 5.97 Å². The van der Waals surface area contributed by atoms with Gasteiger partial charge in [0.1, 0.15) is 0 Å². The molecular formula is C14H17NO3. The first kappa shape index (κ1) is 14.2. The summed E-state index contributed by atoms with van der Waals surface area (Å²) in [6.07, 6.45) is 0.864. The lowest BCUT2D eigenvalue weighted by atomic mass is 9.95. The highest BCUT2D eigenvalue weighted by molar-refractivity contribution is 5.73. The number of carbonyl (C=O) groups is 1. The molecule has 0 saturated carbocycles. The second kappa shape index (κ2) is 6.77. The summed E-state index contributed by atoms with van der Waals surface area (Å²) in [4.78, 5) is 11.5. The second-order valence-corrected chi connectivity index (χ2v) is 3.89. The molecule has 1 N–H and O–H groups in total. The Morgan fingerprint density at radius 1 is 1.44 bits per heavy atom. The van der Waals surface area contributed by atoms with Gasteiger partial charge in [0.05, 0.1) is 31.3 Å². The Balaban J connectivity index is 3.15. The van der Waals surface area contributed by atoms with Gasteiger partial charge in [0, 0.05) is 0 Å². The SMILES string of the molecule is CCOC(=O)Cc1cc(CC)cc(C#N)c1CO. The fourth-order valence-electron chi connectivity index (χ4n) is 1.81. The highest BCUT2D eigenvalue weighted by atomic mass is 16.5. The van der Waals surface area contributed by atoms with Crippen molar-refractivity contribution < 1.29 is 14.6 Å². The summed E-state index contributed by atoms with van der Waals surface area (Å²) in [5, 5.41) is 18.4. The van der Waals surface area contributed by atoms with Crippen LogP contribution >= 0.6 is 0 Å². The second-order valence-electron chi connectivity index (χ2n) is 3.89. The summed E-state index contributed by atoms with van der Waals surface area (Å²) in [5.41, 5.74) is 2.59. The average Bonchev–Trinajstić information content (AvgIpc) is 2.37. The minimum atomic E-state index is -0.343. The predicted octanol–water partition coefficient (Wildman–Crippen LogP) is 1.72. The van der Waals surface area contributed by atoms with E-state index in [1.807, 2.05) is 13.0 Å². The molecule has 0 spiro atoms. The largest absolute Gasteiger partial charge is 0.466 e. The maximum absolute atomic E-state index is 11.5. The highest BCUT2D eigenvalue weighted by Gasteiger charge is 2.13. The number of benzene rings is 1. The molecular weight excluding hydrogens is 230 g/mol. The van der Waals surface area contributed by atoms with Gasteiger partial charge in [-0.15, -0.1) is 0 Å². The third-order valence-electron chi connectivity index (χ3n) is 2.73. The van der Waals surface area contributed by atoms with E-state index in [0.29, 0.717) is 23.3 Å². The van der Waals surface area contributed by atoms with Gasteiger partial charge in [0.25, 0.3) is 0 Å². The van der Waals surface area contributed by atoms with E-state index in [2.05, 4.69) is 6.07 Å². The number of aliphatic hydroxyl groups is 1. The zero-order valence-electron chi connectivity index (χ0n) is 10.7. The summed E-state index contributed by atoms with van der Waals surface area (Å²) >= 11 is 0. The molecule has 0 aliphatic heterocycles. The van der Waals surface area contributed by atoms with Crippen LogP contribution in [0.15, 0.2) is 12.1 Å². The highest BCUT2D eigenvalue weighted by Crippen LogP contribution is 2.19. The Morgan fingerprint density at radius 2 is 2.17 bits per heavy atom. The monoisotopic (exact) mass is 247 g/mol. The third kappa shape index (κ3) is 3.31. The number of hydrogen-bond donors (Lipinski definition) is 1. The molecule has 0 aliphatic rings. The smallest absolute Gasteiger partial charge is 0.310 e. The molecule has 1 rings (SSSR count). The van der Waals surface area contributed by atoms with Crippen LogP contribution in [-0.2, 0) is 29.0 Å². The number of aryl methyl sites for hydroxylation is 1. The van der Waals surface area contributed by atoms with Crippen molar-refractivity contribution in [3.63, 3.8) is 0 Å². The molecule has 0 atom stereocenters. The van der Waals surface area contributed by atoms with Crippen LogP contribution in [0, 0.1) is 11.3 Å². The fourth-order valence-corrected chi connectivity index (χ4v) is 1.81. The molecule has 0 radical (unpaired) electrons. The predicted molar refractivity (Wildman–Crippen MR) is 66.8 cm³/mol. The molecule has 0 unspecified atom stereocenters. The molecule has 4 nitrogen and oxygen atoms in total. The molecule has 18 heavy (non-hydrogen) atoms. The molecule has 1 aromatic carbocycles. The summed E-state index contributed by atoms with van der Waals surface area (Å²) < 4.78 is 4.89. The number of ether oxygens (including phenoxy) is 1. The van der Waals surface area contributed by atoms with Gasteiger partial charge < -0.3 is 9.84 Å². The van der Waals surface area contributed by atoms with Gasteiger partial charge in [-0.25, -0.2) is 0 Å². The van der Waals surface area contributed by atoms with E-state index in [-0.39, 0.29) is 19.0 Å². The van der Waals surface area contributed by atoms with Crippen LogP contribution in [0.4, 0.5) is 0 Å². The number of nitriles is 1. The Labute approximate surface area is 107 Å². The summed E-state index contributed by atoms with van der Waals surface area (Å²) in [5.74, 6) is -0.343.